The molecule has 0 fully saturated rings. The first kappa shape index (κ1) is 11.4. The van der Waals surface area contributed by atoms with E-state index in [0.29, 0.717) is 0 Å². The van der Waals surface area contributed by atoms with Gasteiger partial charge in [-0.05, 0) is 60.6 Å². The van der Waals surface area contributed by atoms with Crippen LogP contribution in [0.2, 0.25) is 0 Å². The molecule has 0 aromatic heterocycles. The Morgan fingerprint density at radius 3 is 1.59 bits per heavy atom. The highest BCUT2D eigenvalue weighted by atomic mass is 14.3. The van der Waals surface area contributed by atoms with Crippen molar-refractivity contribution in [3.05, 3.63) is 27.8 Å². The first-order chi connectivity index (χ1) is 8.00. The van der Waals surface area contributed by atoms with Crippen LogP contribution in [0.25, 0.3) is 0 Å². The summed E-state index contributed by atoms with van der Waals surface area (Å²) in [4.78, 5) is 0. The van der Waals surface area contributed by atoms with Gasteiger partial charge in [0.1, 0.15) is 7.85 Å². The highest BCUT2D eigenvalue weighted by Gasteiger charge is 2.31. The fourth-order valence-corrected chi connectivity index (χ4v) is 3.90. The van der Waals surface area contributed by atoms with Gasteiger partial charge in [0.05, 0.1) is 0 Å². The van der Waals surface area contributed by atoms with Crippen LogP contribution >= 0.6 is 0 Å². The molecule has 17 heavy (non-hydrogen) atoms. The average molecular weight is 224 g/mol. The Morgan fingerprint density at radius 2 is 1.18 bits per heavy atom. The molecule has 0 saturated heterocycles. The summed E-state index contributed by atoms with van der Waals surface area (Å²) < 4.78 is 0. The largest absolute Gasteiger partial charge is 0.114 e. The van der Waals surface area contributed by atoms with Gasteiger partial charge in [-0.2, -0.15) is 0 Å². The minimum Gasteiger partial charge on any atom is -0.0898 e. The summed E-state index contributed by atoms with van der Waals surface area (Å²) >= 11 is 0. The maximum Gasteiger partial charge on any atom is 0.114 e. The van der Waals surface area contributed by atoms with Crippen molar-refractivity contribution in [1.29, 1.82) is 0 Å². The second-order valence-corrected chi connectivity index (χ2v) is 6.66. The van der Waals surface area contributed by atoms with E-state index in [9.17, 15) is 0 Å². The van der Waals surface area contributed by atoms with Crippen LogP contribution in [0.5, 0.6) is 0 Å². The summed E-state index contributed by atoms with van der Waals surface area (Å²) in [5.41, 5.74) is 9.28. The molecule has 3 rings (SSSR count). The van der Waals surface area contributed by atoms with Crippen molar-refractivity contribution in [2.24, 2.45) is 0 Å². The summed E-state index contributed by atoms with van der Waals surface area (Å²) in [6.07, 6.45) is 7.50. The maximum absolute atomic E-state index is 6.40. The SMILES string of the molecule is [B]c1c2c(c(C(C)(C)C)c3c1CCC3)CCC2. The molecule has 0 amide bonds. The van der Waals surface area contributed by atoms with Crippen molar-refractivity contribution in [3.63, 3.8) is 0 Å². The van der Waals surface area contributed by atoms with Crippen LogP contribution in [0.15, 0.2) is 0 Å². The molecule has 0 spiro atoms. The van der Waals surface area contributed by atoms with Crippen LogP contribution in [0, 0.1) is 0 Å². The van der Waals surface area contributed by atoms with Crippen LogP contribution in [0.3, 0.4) is 0 Å². The number of hydrogen-bond acceptors (Lipinski definition) is 0. The molecule has 2 aliphatic carbocycles. The maximum atomic E-state index is 6.40. The smallest absolute Gasteiger partial charge is 0.0898 e. The van der Waals surface area contributed by atoms with Crippen molar-refractivity contribution < 1.29 is 0 Å². The molecule has 1 heteroatoms. The minimum absolute atomic E-state index is 0.274. The van der Waals surface area contributed by atoms with Crippen molar-refractivity contribution in [3.8, 4) is 0 Å². The van der Waals surface area contributed by atoms with Crippen LogP contribution in [-0.4, -0.2) is 7.85 Å². The number of hydrogen-bond donors (Lipinski definition) is 0. The van der Waals surface area contributed by atoms with E-state index in [2.05, 4.69) is 20.8 Å². The molecule has 1 aromatic carbocycles. The molecule has 0 N–H and O–H groups in total. The molecular formula is C16H21B. The van der Waals surface area contributed by atoms with Crippen molar-refractivity contribution in [2.75, 3.05) is 0 Å². The van der Waals surface area contributed by atoms with Crippen LogP contribution in [0.4, 0.5) is 0 Å². The van der Waals surface area contributed by atoms with Gasteiger partial charge in [-0.1, -0.05) is 37.4 Å². The van der Waals surface area contributed by atoms with E-state index >= 15 is 0 Å². The van der Waals surface area contributed by atoms with Gasteiger partial charge in [0.15, 0.2) is 0 Å². The fourth-order valence-electron chi connectivity index (χ4n) is 3.90. The Bertz CT molecular complexity index is 442. The summed E-state index contributed by atoms with van der Waals surface area (Å²) in [5.74, 6) is 0. The first-order valence-electron chi connectivity index (χ1n) is 6.95. The molecule has 88 valence electrons. The highest BCUT2D eigenvalue weighted by molar-refractivity contribution is 6.35. The standard InChI is InChI=1S/C16H21B/c1-16(2,3)14-10-6-4-8-12(10)15(17)13-9-5-7-11(13)14/h4-9H2,1-3H3. The van der Waals surface area contributed by atoms with E-state index in [4.69, 9.17) is 7.85 Å². The number of fused-ring (bicyclic) bond motifs is 2. The molecule has 2 radical (unpaired) electrons. The highest BCUT2D eigenvalue weighted by Crippen LogP contribution is 2.39. The topological polar surface area (TPSA) is 0 Å². The molecular weight excluding hydrogens is 203 g/mol. The fraction of sp³-hybridized carbons (Fsp3) is 0.625. The normalized spacial score (nSPS) is 18.3. The molecule has 0 heterocycles. The van der Waals surface area contributed by atoms with Crippen LogP contribution < -0.4 is 5.46 Å². The predicted molar refractivity (Wildman–Crippen MR) is 74.6 cm³/mol. The summed E-state index contributed by atoms with van der Waals surface area (Å²) in [6.45, 7) is 7.07. The van der Waals surface area contributed by atoms with Gasteiger partial charge in [0.2, 0.25) is 0 Å². The van der Waals surface area contributed by atoms with E-state index in [1.54, 1.807) is 16.7 Å². The molecule has 0 unspecified atom stereocenters. The van der Waals surface area contributed by atoms with Gasteiger partial charge in [-0.15, -0.1) is 0 Å². The second-order valence-electron chi connectivity index (χ2n) is 6.66. The Hall–Kier alpha value is -0.715. The van der Waals surface area contributed by atoms with Gasteiger partial charge in [0.25, 0.3) is 0 Å². The average Bonchev–Trinajstić information content (AvgIpc) is 2.83. The molecule has 1 aromatic rings. The van der Waals surface area contributed by atoms with Crippen LogP contribution in [-0.2, 0) is 31.1 Å². The lowest BCUT2D eigenvalue weighted by Gasteiger charge is -2.28. The van der Waals surface area contributed by atoms with Gasteiger partial charge < -0.3 is 0 Å². The van der Waals surface area contributed by atoms with Gasteiger partial charge in [-0.3, -0.25) is 0 Å². The van der Waals surface area contributed by atoms with E-state index in [1.165, 1.54) is 49.7 Å². The zero-order chi connectivity index (χ0) is 12.2. The van der Waals surface area contributed by atoms with Crippen molar-refractivity contribution in [2.45, 2.75) is 64.7 Å². The molecule has 0 bridgehead atoms. The van der Waals surface area contributed by atoms with Crippen molar-refractivity contribution in [1.82, 2.24) is 0 Å². The Morgan fingerprint density at radius 1 is 0.765 bits per heavy atom. The van der Waals surface area contributed by atoms with Gasteiger partial charge >= 0.3 is 0 Å². The quantitative estimate of drug-likeness (QED) is 0.594. The Balaban J connectivity index is 2.34. The molecule has 0 saturated carbocycles. The summed E-state index contributed by atoms with van der Waals surface area (Å²) in [6, 6.07) is 0. The molecule has 2 aliphatic rings. The number of rotatable bonds is 0. The number of benzene rings is 1. The first-order valence-corrected chi connectivity index (χ1v) is 6.95. The van der Waals surface area contributed by atoms with Gasteiger partial charge in [0, 0.05) is 0 Å². The molecule has 0 aliphatic heterocycles. The lowest BCUT2D eigenvalue weighted by atomic mass is 9.73. The van der Waals surface area contributed by atoms with E-state index in [-0.39, 0.29) is 5.41 Å². The molecule has 0 nitrogen and oxygen atoms in total. The monoisotopic (exact) mass is 224 g/mol. The van der Waals surface area contributed by atoms with Crippen molar-refractivity contribution >= 4 is 13.3 Å². The molecule has 0 atom stereocenters. The Kier molecular flexibility index (Phi) is 2.43. The summed E-state index contributed by atoms with van der Waals surface area (Å²) in [7, 11) is 6.40. The third kappa shape index (κ3) is 1.58. The third-order valence-corrected chi connectivity index (χ3v) is 4.44. The van der Waals surface area contributed by atoms with E-state index in [0.717, 1.165) is 5.46 Å². The third-order valence-electron chi connectivity index (χ3n) is 4.44. The zero-order valence-corrected chi connectivity index (χ0v) is 11.3. The van der Waals surface area contributed by atoms with E-state index < -0.39 is 0 Å². The second kappa shape index (κ2) is 3.64. The summed E-state index contributed by atoms with van der Waals surface area (Å²) in [5, 5.41) is 0. The van der Waals surface area contributed by atoms with Gasteiger partial charge in [-0.25, -0.2) is 0 Å². The Labute approximate surface area is 106 Å². The lowest BCUT2D eigenvalue weighted by Crippen LogP contribution is -2.24. The predicted octanol–water partition coefficient (Wildman–Crippen LogP) is 2.76. The zero-order valence-electron chi connectivity index (χ0n) is 11.3. The lowest BCUT2D eigenvalue weighted by molar-refractivity contribution is 0.577. The van der Waals surface area contributed by atoms with E-state index in [1.807, 2.05) is 0 Å². The van der Waals surface area contributed by atoms with Crippen LogP contribution in [0.1, 0.15) is 61.4 Å². The minimum atomic E-state index is 0.274.